The van der Waals surface area contributed by atoms with Gasteiger partial charge in [0, 0.05) is 39.8 Å². The Kier molecular flexibility index (Phi) is 12.8. The van der Waals surface area contributed by atoms with Gasteiger partial charge in [0.15, 0.2) is 5.96 Å². The van der Waals surface area contributed by atoms with Crippen LogP contribution in [0.4, 0.5) is 0 Å². The zero-order chi connectivity index (χ0) is 16.9. The predicted molar refractivity (Wildman–Crippen MR) is 111 cm³/mol. The highest BCUT2D eigenvalue weighted by molar-refractivity contribution is 14.0. The van der Waals surface area contributed by atoms with Crippen LogP contribution in [0.2, 0.25) is 0 Å². The van der Waals surface area contributed by atoms with Crippen LogP contribution in [-0.4, -0.2) is 52.0 Å². The topological polar surface area (TPSA) is 68.0 Å². The number of furan rings is 1. The van der Waals surface area contributed by atoms with Crippen LogP contribution in [0, 0.1) is 0 Å². The van der Waals surface area contributed by atoms with Crippen LogP contribution < -0.4 is 10.6 Å². The number of guanidine groups is 1. The van der Waals surface area contributed by atoms with E-state index in [4.69, 9.17) is 18.9 Å². The van der Waals surface area contributed by atoms with Crippen molar-refractivity contribution in [3.63, 3.8) is 0 Å². The maximum absolute atomic E-state index is 5.76. The molecule has 1 saturated heterocycles. The fourth-order valence-electron chi connectivity index (χ4n) is 2.66. The molecule has 1 aliphatic rings. The van der Waals surface area contributed by atoms with E-state index in [0.717, 1.165) is 63.7 Å². The van der Waals surface area contributed by atoms with E-state index in [1.165, 1.54) is 12.8 Å². The van der Waals surface area contributed by atoms with Gasteiger partial charge in [-0.05, 0) is 44.2 Å². The lowest BCUT2D eigenvalue weighted by Gasteiger charge is -2.21. The molecule has 0 radical (unpaired) electrons. The van der Waals surface area contributed by atoms with Gasteiger partial charge >= 0.3 is 0 Å². The molecule has 7 heteroatoms. The highest BCUT2D eigenvalue weighted by atomic mass is 127. The zero-order valence-electron chi connectivity index (χ0n) is 15.2. The lowest BCUT2D eigenvalue weighted by molar-refractivity contribution is 0.0224. The highest BCUT2D eigenvalue weighted by Gasteiger charge is 2.13. The van der Waals surface area contributed by atoms with Crippen molar-refractivity contribution in [3.05, 3.63) is 24.2 Å². The number of hydrogen-bond donors (Lipinski definition) is 2. The zero-order valence-corrected chi connectivity index (χ0v) is 17.5. The first-order valence-electron chi connectivity index (χ1n) is 9.03. The molecule has 1 aromatic rings. The maximum atomic E-state index is 5.76. The van der Waals surface area contributed by atoms with Gasteiger partial charge in [-0.25, -0.2) is 0 Å². The first-order chi connectivity index (χ1) is 11.9. The standard InChI is InChI=1S/C18H31N3O3.HI/c1-22-12-5-3-10-19-18(20-11-9-16-8-6-14-23-16)21-15-17-7-2-4-13-24-17;/h6,8,14,17H,2-5,7,9-13,15H2,1H3,(H2,19,20,21);1H. The number of hydrogen-bond acceptors (Lipinski definition) is 4. The van der Waals surface area contributed by atoms with Gasteiger partial charge in [-0.1, -0.05) is 0 Å². The van der Waals surface area contributed by atoms with Gasteiger partial charge < -0.3 is 24.5 Å². The molecule has 0 spiro atoms. The monoisotopic (exact) mass is 465 g/mol. The fourth-order valence-corrected chi connectivity index (χ4v) is 2.66. The first-order valence-corrected chi connectivity index (χ1v) is 9.03. The molecule has 1 aliphatic heterocycles. The second-order valence-corrected chi connectivity index (χ2v) is 6.06. The Balaban J connectivity index is 0.00000312. The smallest absolute Gasteiger partial charge is 0.191 e. The van der Waals surface area contributed by atoms with Crippen molar-refractivity contribution in [2.75, 3.05) is 40.0 Å². The second kappa shape index (κ2) is 14.4. The van der Waals surface area contributed by atoms with Gasteiger partial charge in [0.1, 0.15) is 5.76 Å². The van der Waals surface area contributed by atoms with Crippen molar-refractivity contribution in [2.24, 2.45) is 4.99 Å². The molecule has 1 fully saturated rings. The van der Waals surface area contributed by atoms with E-state index < -0.39 is 0 Å². The normalized spacial score (nSPS) is 17.8. The third-order valence-electron chi connectivity index (χ3n) is 4.04. The molecule has 2 heterocycles. The average molecular weight is 465 g/mol. The Labute approximate surface area is 168 Å². The average Bonchev–Trinajstić information content (AvgIpc) is 3.13. The Bertz CT molecular complexity index is 448. The van der Waals surface area contributed by atoms with Gasteiger partial charge in [-0.2, -0.15) is 0 Å². The summed E-state index contributed by atoms with van der Waals surface area (Å²) in [6.45, 7) is 4.07. The summed E-state index contributed by atoms with van der Waals surface area (Å²) in [6.07, 6.45) is 8.45. The summed E-state index contributed by atoms with van der Waals surface area (Å²) in [5, 5.41) is 6.78. The van der Waals surface area contributed by atoms with E-state index in [0.29, 0.717) is 6.54 Å². The number of methoxy groups -OCH3 is 1. The lowest BCUT2D eigenvalue weighted by atomic mass is 10.1. The Hall–Kier alpha value is -0.800. The van der Waals surface area contributed by atoms with Crippen molar-refractivity contribution in [3.8, 4) is 0 Å². The Morgan fingerprint density at radius 2 is 2.16 bits per heavy atom. The summed E-state index contributed by atoms with van der Waals surface area (Å²) in [7, 11) is 1.74. The van der Waals surface area contributed by atoms with Crippen LogP contribution in [0.5, 0.6) is 0 Å². The third-order valence-corrected chi connectivity index (χ3v) is 4.04. The molecule has 2 rings (SSSR count). The van der Waals surface area contributed by atoms with E-state index >= 15 is 0 Å². The summed E-state index contributed by atoms with van der Waals surface area (Å²) < 4.78 is 16.2. The van der Waals surface area contributed by atoms with Gasteiger partial charge in [-0.3, -0.25) is 4.99 Å². The first kappa shape index (κ1) is 22.2. The molecular weight excluding hydrogens is 433 g/mol. The lowest BCUT2D eigenvalue weighted by Crippen LogP contribution is -2.39. The van der Waals surface area contributed by atoms with Gasteiger partial charge in [-0.15, -0.1) is 24.0 Å². The molecule has 0 aromatic carbocycles. The minimum absolute atomic E-state index is 0. The molecule has 1 aromatic heterocycles. The Morgan fingerprint density at radius 1 is 1.28 bits per heavy atom. The third kappa shape index (κ3) is 10.1. The summed E-state index contributed by atoms with van der Waals surface area (Å²) in [5.74, 6) is 1.84. The fraction of sp³-hybridized carbons (Fsp3) is 0.722. The molecule has 6 nitrogen and oxygen atoms in total. The van der Waals surface area contributed by atoms with E-state index in [-0.39, 0.29) is 30.1 Å². The molecule has 2 N–H and O–H groups in total. The molecular formula is C18H32IN3O3. The van der Waals surface area contributed by atoms with Crippen LogP contribution in [0.1, 0.15) is 37.9 Å². The number of ether oxygens (including phenoxy) is 2. The number of aliphatic imine (C=N–C) groups is 1. The molecule has 25 heavy (non-hydrogen) atoms. The van der Waals surface area contributed by atoms with E-state index in [1.807, 2.05) is 12.1 Å². The molecule has 0 bridgehead atoms. The van der Waals surface area contributed by atoms with Gasteiger partial charge in [0.05, 0.1) is 18.9 Å². The largest absolute Gasteiger partial charge is 0.469 e. The van der Waals surface area contributed by atoms with Crippen LogP contribution >= 0.6 is 24.0 Å². The maximum Gasteiger partial charge on any atom is 0.191 e. The predicted octanol–water partition coefficient (Wildman–Crippen LogP) is 2.97. The number of nitrogens with zero attached hydrogens (tertiary/aromatic N) is 1. The van der Waals surface area contributed by atoms with Gasteiger partial charge in [0.2, 0.25) is 0 Å². The molecule has 144 valence electrons. The van der Waals surface area contributed by atoms with Crippen LogP contribution in [0.3, 0.4) is 0 Å². The number of halogens is 1. The number of rotatable bonds is 10. The van der Waals surface area contributed by atoms with Crippen molar-refractivity contribution < 1.29 is 13.9 Å². The van der Waals surface area contributed by atoms with E-state index in [2.05, 4.69) is 10.6 Å². The minimum atomic E-state index is 0. The van der Waals surface area contributed by atoms with Crippen molar-refractivity contribution in [1.29, 1.82) is 0 Å². The molecule has 1 atom stereocenters. The molecule has 0 aliphatic carbocycles. The van der Waals surface area contributed by atoms with Crippen LogP contribution in [0.15, 0.2) is 27.8 Å². The minimum Gasteiger partial charge on any atom is -0.469 e. The van der Waals surface area contributed by atoms with E-state index in [1.54, 1.807) is 13.4 Å². The summed E-state index contributed by atoms with van der Waals surface area (Å²) in [4.78, 5) is 4.69. The molecule has 1 unspecified atom stereocenters. The molecule has 0 amide bonds. The Morgan fingerprint density at radius 3 is 2.88 bits per heavy atom. The quantitative estimate of drug-likeness (QED) is 0.241. The van der Waals surface area contributed by atoms with Crippen molar-refractivity contribution in [2.45, 2.75) is 44.6 Å². The van der Waals surface area contributed by atoms with Gasteiger partial charge in [0.25, 0.3) is 0 Å². The molecule has 0 saturated carbocycles. The SMILES string of the molecule is COCCCCNC(=NCC1CCCCO1)NCCc1ccco1.I. The van der Waals surface area contributed by atoms with Crippen molar-refractivity contribution in [1.82, 2.24) is 10.6 Å². The van der Waals surface area contributed by atoms with Crippen molar-refractivity contribution >= 4 is 29.9 Å². The second-order valence-electron chi connectivity index (χ2n) is 6.06. The van der Waals surface area contributed by atoms with Crippen LogP contribution in [0.25, 0.3) is 0 Å². The summed E-state index contributed by atoms with van der Waals surface area (Å²) in [6, 6.07) is 3.91. The van der Waals surface area contributed by atoms with Crippen LogP contribution in [-0.2, 0) is 15.9 Å². The highest BCUT2D eigenvalue weighted by Crippen LogP contribution is 2.12. The number of unbranched alkanes of at least 4 members (excludes halogenated alkanes) is 1. The van der Waals surface area contributed by atoms with E-state index in [9.17, 15) is 0 Å². The number of nitrogens with one attached hydrogen (secondary N) is 2. The summed E-state index contributed by atoms with van der Waals surface area (Å²) >= 11 is 0. The summed E-state index contributed by atoms with van der Waals surface area (Å²) in [5.41, 5.74) is 0.